The summed E-state index contributed by atoms with van der Waals surface area (Å²) in [5.74, 6) is 0.0684. The molecule has 3 aromatic heterocycles. The largest absolute Gasteiger partial charge is 0.433 e. The average molecular weight is 858 g/mol. The number of hydrogen-bond donors (Lipinski definition) is 3. The number of imide groups is 1. The normalized spacial score (nSPS) is 22.4. The van der Waals surface area contributed by atoms with Gasteiger partial charge < -0.3 is 15.3 Å². The van der Waals surface area contributed by atoms with Crippen molar-refractivity contribution in [2.75, 3.05) is 25.0 Å². The highest BCUT2D eigenvalue weighted by Crippen LogP contribution is 2.54. The number of anilines is 1. The van der Waals surface area contributed by atoms with Gasteiger partial charge in [-0.15, -0.1) is 11.3 Å². The van der Waals surface area contributed by atoms with Crippen molar-refractivity contribution >= 4 is 56.0 Å². The van der Waals surface area contributed by atoms with Gasteiger partial charge in [-0.2, -0.15) is 13.2 Å². The zero-order valence-corrected chi connectivity index (χ0v) is 35.3. The Morgan fingerprint density at radius 3 is 2.43 bits per heavy atom. The molecule has 4 fully saturated rings. The monoisotopic (exact) mass is 857 g/mol. The molecule has 2 aliphatic carbocycles. The van der Waals surface area contributed by atoms with E-state index in [-0.39, 0.29) is 23.7 Å². The topological polar surface area (TPSA) is 151 Å². The van der Waals surface area contributed by atoms with Crippen LogP contribution in [0.2, 0.25) is 0 Å². The number of halogens is 3. The minimum Gasteiger partial charge on any atom is -0.386 e. The maximum Gasteiger partial charge on any atom is 0.433 e. The number of hydrogen-bond acceptors (Lipinski definition) is 9. The fraction of sp³-hybridized carbons (Fsp3) is 0.511. The predicted molar refractivity (Wildman–Crippen MR) is 225 cm³/mol. The van der Waals surface area contributed by atoms with Crippen LogP contribution in [-0.2, 0) is 34.8 Å². The molecule has 2 saturated heterocycles. The number of fused-ring (bicyclic) bond motifs is 2. The zero-order valence-electron chi connectivity index (χ0n) is 34.5. The van der Waals surface area contributed by atoms with Gasteiger partial charge in [-0.3, -0.25) is 28.8 Å². The van der Waals surface area contributed by atoms with E-state index in [9.17, 15) is 37.5 Å². The van der Waals surface area contributed by atoms with Crippen LogP contribution in [0.1, 0.15) is 116 Å². The van der Waals surface area contributed by atoms with Crippen LogP contribution in [0.15, 0.2) is 53.3 Å². The van der Waals surface area contributed by atoms with Gasteiger partial charge in [0.1, 0.15) is 17.4 Å². The second-order valence-corrected chi connectivity index (χ2v) is 19.6. The average Bonchev–Trinajstić information content (AvgIpc) is 3.71. The van der Waals surface area contributed by atoms with Gasteiger partial charge in [0.05, 0.1) is 31.9 Å². The number of nitrogens with zero attached hydrogens (tertiary/aromatic N) is 5. The lowest BCUT2D eigenvalue weighted by atomic mass is 9.56. The van der Waals surface area contributed by atoms with Crippen LogP contribution in [0.25, 0.3) is 21.3 Å². The summed E-state index contributed by atoms with van der Waals surface area (Å²) in [5.41, 5.74) is 1.45. The summed E-state index contributed by atoms with van der Waals surface area (Å²) in [5, 5.41) is 17.1. The highest BCUT2D eigenvalue weighted by molar-refractivity contribution is 7.18. The fourth-order valence-corrected chi connectivity index (χ4v) is 11.8. The molecule has 1 unspecified atom stereocenters. The van der Waals surface area contributed by atoms with E-state index in [1.807, 2.05) is 12.1 Å². The van der Waals surface area contributed by atoms with Crippen molar-refractivity contribution in [1.29, 1.82) is 0 Å². The number of rotatable bonds is 10. The highest BCUT2D eigenvalue weighted by Gasteiger charge is 2.52. The lowest BCUT2D eigenvalue weighted by Gasteiger charge is -2.60. The number of benzene rings is 2. The molecule has 0 radical (unpaired) electrons. The van der Waals surface area contributed by atoms with E-state index in [1.165, 1.54) is 18.9 Å². The van der Waals surface area contributed by atoms with Gasteiger partial charge in [0, 0.05) is 50.3 Å². The molecule has 16 heteroatoms. The molecule has 5 heterocycles. The molecule has 0 bridgehead atoms. The fourth-order valence-electron chi connectivity index (χ4n) is 10.6. The van der Waals surface area contributed by atoms with E-state index in [4.69, 9.17) is 4.98 Å². The number of alkyl halides is 3. The van der Waals surface area contributed by atoms with E-state index >= 15 is 0 Å². The second kappa shape index (κ2) is 15.5. The number of nitrogens with one attached hydrogen (secondary N) is 2. The number of imidazole rings is 1. The van der Waals surface area contributed by atoms with Crippen LogP contribution >= 0.6 is 11.3 Å². The Labute approximate surface area is 354 Å². The minimum atomic E-state index is -4.69. The molecular weight excluding hydrogens is 808 g/mol. The number of carbonyl (C=O) groups excluding carboxylic acids is 3. The SMILES string of the molecule is Cn1c(=O)n(C2CCC(=O)NC2=O)c2cccc(CCC3CC4(C3)CN(CC3CCC(c5nc6cc(C(C)(C)O)c(NC(=O)c7cccc(C(F)(F)F)n7)cc6s5)CC3)C4)c21. The van der Waals surface area contributed by atoms with Crippen LogP contribution in [0, 0.1) is 17.3 Å². The Balaban J connectivity index is 0.765. The molecule has 1 spiro atoms. The molecule has 1 atom stereocenters. The molecule has 3 amide bonds. The Kier molecular flexibility index (Phi) is 10.5. The van der Waals surface area contributed by atoms with Gasteiger partial charge in [0.25, 0.3) is 5.91 Å². The number of aryl methyl sites for hydroxylation is 2. The van der Waals surface area contributed by atoms with Crippen molar-refractivity contribution in [1.82, 2.24) is 29.3 Å². The molecule has 2 aliphatic heterocycles. The van der Waals surface area contributed by atoms with E-state index < -0.39 is 35.3 Å². The number of piperidine rings is 1. The van der Waals surface area contributed by atoms with Gasteiger partial charge in [0.15, 0.2) is 0 Å². The van der Waals surface area contributed by atoms with Crippen molar-refractivity contribution in [2.24, 2.45) is 24.3 Å². The number of likely N-dealkylation sites (tertiary alicyclic amines) is 1. The van der Waals surface area contributed by atoms with E-state index in [1.54, 1.807) is 53.5 Å². The first kappa shape index (κ1) is 41.4. The summed E-state index contributed by atoms with van der Waals surface area (Å²) in [4.78, 5) is 61.9. The lowest BCUT2D eigenvalue weighted by Crippen LogP contribution is -2.62. The van der Waals surface area contributed by atoms with Gasteiger partial charge >= 0.3 is 11.9 Å². The molecule has 3 N–H and O–H groups in total. The van der Waals surface area contributed by atoms with Crippen LogP contribution in [0.5, 0.6) is 0 Å². The standard InChI is InChI=1S/C45H50F3N7O5S/c1-43(2,60)29-18-32-35(19-31(29)50-39(57)30-7-5-9-36(49-30)45(46,47)48)61-41(51-32)28-14-10-25(11-15-28)22-54-23-44(24-54)20-26(21-44)12-13-27-6-4-8-33-38(27)53(3)42(59)55(33)34-16-17-37(56)52-40(34)58/h4-9,18-19,25-26,28,34,60H,10-17,20-24H2,1-3H3,(H,50,57)(H,52,56,58). The maximum atomic E-state index is 13.3. The zero-order chi connectivity index (χ0) is 43.0. The molecular formula is C45H50F3N7O5S. The smallest absolute Gasteiger partial charge is 0.386 e. The summed E-state index contributed by atoms with van der Waals surface area (Å²) in [6, 6.07) is 11.9. The van der Waals surface area contributed by atoms with Gasteiger partial charge in [-0.25, -0.2) is 14.8 Å². The summed E-state index contributed by atoms with van der Waals surface area (Å²) < 4.78 is 43.8. The van der Waals surface area contributed by atoms with Crippen molar-refractivity contribution in [3.63, 3.8) is 0 Å². The lowest BCUT2D eigenvalue weighted by molar-refractivity contribution is -0.141. The van der Waals surface area contributed by atoms with Crippen molar-refractivity contribution < 1.29 is 32.7 Å². The molecule has 9 rings (SSSR count). The van der Waals surface area contributed by atoms with Gasteiger partial charge in [-0.1, -0.05) is 18.2 Å². The molecule has 5 aromatic rings. The summed E-state index contributed by atoms with van der Waals surface area (Å²) in [6.45, 7) is 6.58. The van der Waals surface area contributed by atoms with E-state index in [0.717, 1.165) is 96.6 Å². The van der Waals surface area contributed by atoms with E-state index in [2.05, 4.69) is 26.6 Å². The first-order valence-corrected chi connectivity index (χ1v) is 22.0. The number of carbonyl (C=O) groups is 3. The van der Waals surface area contributed by atoms with Crippen molar-refractivity contribution in [2.45, 2.75) is 102 Å². The third kappa shape index (κ3) is 8.02. The third-order valence-corrected chi connectivity index (χ3v) is 14.7. The highest BCUT2D eigenvalue weighted by atomic mass is 32.1. The third-order valence-electron chi connectivity index (χ3n) is 13.5. The number of thiazole rings is 1. The molecule has 322 valence electrons. The number of aromatic nitrogens is 4. The Bertz CT molecular complexity index is 2600. The Hall–Kier alpha value is -4.93. The molecule has 2 saturated carbocycles. The van der Waals surface area contributed by atoms with Gasteiger partial charge in [-0.05, 0) is 125 Å². The van der Waals surface area contributed by atoms with Crippen molar-refractivity contribution in [3.05, 3.63) is 86.5 Å². The van der Waals surface area contributed by atoms with Crippen molar-refractivity contribution in [3.8, 4) is 0 Å². The van der Waals surface area contributed by atoms with E-state index in [0.29, 0.717) is 46.4 Å². The summed E-state index contributed by atoms with van der Waals surface area (Å²) >= 11 is 1.56. The molecule has 2 aromatic carbocycles. The first-order valence-electron chi connectivity index (χ1n) is 21.2. The van der Waals surface area contributed by atoms with Crippen LogP contribution in [0.4, 0.5) is 18.9 Å². The molecule has 12 nitrogen and oxygen atoms in total. The van der Waals surface area contributed by atoms with Crippen LogP contribution < -0.4 is 16.3 Å². The second-order valence-electron chi connectivity index (χ2n) is 18.5. The molecule has 61 heavy (non-hydrogen) atoms. The number of para-hydroxylation sites is 1. The Morgan fingerprint density at radius 1 is 0.984 bits per heavy atom. The summed E-state index contributed by atoms with van der Waals surface area (Å²) in [6.07, 6.45) is 4.52. The van der Waals surface area contributed by atoms with Crippen LogP contribution in [-0.4, -0.2) is 66.5 Å². The van der Waals surface area contributed by atoms with Crippen LogP contribution in [0.3, 0.4) is 0 Å². The molecule has 4 aliphatic rings. The summed E-state index contributed by atoms with van der Waals surface area (Å²) in [7, 11) is 1.76. The predicted octanol–water partition coefficient (Wildman–Crippen LogP) is 7.44. The quantitative estimate of drug-likeness (QED) is 0.123. The minimum absolute atomic E-state index is 0.216. The Morgan fingerprint density at radius 2 is 1.72 bits per heavy atom. The number of pyridine rings is 1. The maximum absolute atomic E-state index is 13.3. The number of aliphatic hydroxyl groups is 1. The first-order chi connectivity index (χ1) is 28.9. The van der Waals surface area contributed by atoms with Gasteiger partial charge in [0.2, 0.25) is 11.8 Å². The number of amides is 3.